The van der Waals surface area contributed by atoms with Crippen molar-refractivity contribution in [3.8, 4) is 5.69 Å². The minimum absolute atomic E-state index is 0.169. The molecule has 2 heteroatoms. The molecule has 0 radical (unpaired) electrons. The Bertz CT molecular complexity index is 2080. The average Bonchev–Trinajstić information content (AvgIpc) is 3.34. The summed E-state index contributed by atoms with van der Waals surface area (Å²) in [6.45, 7) is 2.42. The van der Waals surface area contributed by atoms with Crippen molar-refractivity contribution in [2.45, 2.75) is 12.3 Å². The number of para-hydroxylation sites is 1. The molecule has 0 atom stereocenters. The highest BCUT2D eigenvalue weighted by Gasteiger charge is 2.50. The largest absolute Gasteiger partial charge is 0.310 e. The van der Waals surface area contributed by atoms with E-state index in [1.165, 1.54) is 71.7 Å². The first-order valence-corrected chi connectivity index (χ1v) is 14.2. The zero-order valence-corrected chi connectivity index (χ0v) is 22.3. The summed E-state index contributed by atoms with van der Waals surface area (Å²) in [6, 6.07) is 52.2. The predicted octanol–water partition coefficient (Wildman–Crippen LogP) is 6.62. The first-order chi connectivity index (χ1) is 19.8. The fourth-order valence-corrected chi connectivity index (χ4v) is 8.01. The number of rotatable bonds is 2. The van der Waals surface area contributed by atoms with Crippen LogP contribution in [0.4, 0.5) is 0 Å². The van der Waals surface area contributed by atoms with Gasteiger partial charge in [-0.3, -0.25) is 0 Å². The van der Waals surface area contributed by atoms with E-state index in [1.807, 2.05) is 0 Å². The molecule has 0 aliphatic carbocycles. The lowest BCUT2D eigenvalue weighted by Gasteiger charge is -2.46. The molecular weight excluding hydrogens is 481 g/mol. The second-order valence-corrected chi connectivity index (χ2v) is 11.3. The standard InChI is InChI=1S/C38H26BN/c1-25-23-29-28-17-8-11-21-34(28)40-35-22-12-19-31-36(35)39(33(24-25)37(29)40)32-20-10-9-18-30(32)38(31,26-13-4-2-5-14-26)27-15-6-3-7-16-27/h2-24H,1H3. The van der Waals surface area contributed by atoms with Gasteiger partial charge in [-0.2, -0.15) is 0 Å². The summed E-state index contributed by atoms with van der Waals surface area (Å²) in [5.41, 5.74) is 14.4. The van der Waals surface area contributed by atoms with Crippen molar-refractivity contribution in [2.75, 3.05) is 0 Å². The van der Waals surface area contributed by atoms with Crippen LogP contribution in [0.25, 0.3) is 27.5 Å². The van der Waals surface area contributed by atoms with Crippen LogP contribution in [0.2, 0.25) is 0 Å². The van der Waals surface area contributed by atoms with Crippen LogP contribution in [-0.2, 0) is 5.41 Å². The van der Waals surface area contributed by atoms with E-state index in [4.69, 9.17) is 0 Å². The van der Waals surface area contributed by atoms with Crippen molar-refractivity contribution in [2.24, 2.45) is 0 Å². The minimum atomic E-state index is -0.426. The maximum absolute atomic E-state index is 2.55. The highest BCUT2D eigenvalue weighted by atomic mass is 15.0. The average molecular weight is 507 g/mol. The van der Waals surface area contributed by atoms with E-state index < -0.39 is 5.41 Å². The molecule has 0 amide bonds. The van der Waals surface area contributed by atoms with Crippen molar-refractivity contribution in [1.29, 1.82) is 0 Å². The smallest absolute Gasteiger partial charge is 0.247 e. The van der Waals surface area contributed by atoms with Crippen LogP contribution in [0, 0.1) is 6.92 Å². The molecule has 1 nitrogen and oxygen atoms in total. The number of fused-ring (bicyclic) bond motifs is 7. The second kappa shape index (κ2) is 7.86. The first kappa shape index (κ1) is 22.0. The van der Waals surface area contributed by atoms with Gasteiger partial charge in [0.15, 0.2) is 0 Å². The molecule has 2 aliphatic heterocycles. The minimum Gasteiger partial charge on any atom is -0.310 e. The van der Waals surface area contributed by atoms with Gasteiger partial charge in [0.05, 0.1) is 10.9 Å². The highest BCUT2D eigenvalue weighted by Crippen LogP contribution is 2.47. The zero-order chi connectivity index (χ0) is 26.4. The SMILES string of the molecule is Cc1cc2c3c(c1)c1ccccc1n3-c1cccc3c1B2c1ccccc1C3(c1ccccc1)c1ccccc1. The molecular formula is C38H26BN. The van der Waals surface area contributed by atoms with Crippen molar-refractivity contribution < 1.29 is 0 Å². The Morgan fingerprint density at radius 2 is 1.20 bits per heavy atom. The number of aromatic nitrogens is 1. The van der Waals surface area contributed by atoms with Crippen LogP contribution in [0.5, 0.6) is 0 Å². The lowest BCUT2D eigenvalue weighted by molar-refractivity contribution is 0.750. The van der Waals surface area contributed by atoms with Crippen LogP contribution < -0.4 is 16.4 Å². The first-order valence-electron chi connectivity index (χ1n) is 14.2. The van der Waals surface area contributed by atoms with Crippen molar-refractivity contribution in [3.63, 3.8) is 0 Å². The van der Waals surface area contributed by atoms with Gasteiger partial charge in [0.1, 0.15) is 0 Å². The summed E-state index contributed by atoms with van der Waals surface area (Å²) in [6.07, 6.45) is 0. The molecule has 6 aromatic carbocycles. The molecule has 0 N–H and O–H groups in total. The van der Waals surface area contributed by atoms with Gasteiger partial charge in [-0.05, 0) is 58.3 Å². The Hall–Kier alpha value is -4.82. The van der Waals surface area contributed by atoms with Gasteiger partial charge >= 0.3 is 0 Å². The summed E-state index contributed by atoms with van der Waals surface area (Å²) in [4.78, 5) is 0. The number of aryl methyl sites for hydroxylation is 1. The number of nitrogens with zero attached hydrogens (tertiary/aromatic N) is 1. The third-order valence-corrected chi connectivity index (χ3v) is 9.36. The van der Waals surface area contributed by atoms with Crippen molar-refractivity contribution in [3.05, 3.63) is 167 Å². The molecule has 9 rings (SSSR count). The molecule has 7 aromatic rings. The summed E-state index contributed by atoms with van der Waals surface area (Å²) in [5, 5.41) is 2.67. The van der Waals surface area contributed by atoms with E-state index in [0.717, 1.165) is 0 Å². The van der Waals surface area contributed by atoms with Crippen molar-refractivity contribution in [1.82, 2.24) is 4.57 Å². The molecule has 40 heavy (non-hydrogen) atoms. The summed E-state index contributed by atoms with van der Waals surface area (Å²) < 4.78 is 2.55. The Morgan fingerprint density at radius 3 is 1.98 bits per heavy atom. The van der Waals surface area contributed by atoms with Gasteiger partial charge in [-0.25, -0.2) is 0 Å². The second-order valence-electron chi connectivity index (χ2n) is 11.3. The molecule has 0 unspecified atom stereocenters. The Morgan fingerprint density at radius 1 is 0.550 bits per heavy atom. The van der Waals surface area contributed by atoms with E-state index in [-0.39, 0.29) is 6.71 Å². The molecule has 0 bridgehead atoms. The van der Waals surface area contributed by atoms with Crippen LogP contribution in [0.1, 0.15) is 27.8 Å². The van der Waals surface area contributed by atoms with E-state index in [9.17, 15) is 0 Å². The van der Waals surface area contributed by atoms with Gasteiger partial charge in [-0.1, -0.05) is 132 Å². The summed E-state index contributed by atoms with van der Waals surface area (Å²) >= 11 is 0. The number of benzene rings is 6. The lowest BCUT2D eigenvalue weighted by Crippen LogP contribution is -2.64. The molecule has 0 spiro atoms. The molecule has 0 saturated heterocycles. The molecule has 186 valence electrons. The molecule has 0 saturated carbocycles. The van der Waals surface area contributed by atoms with Crippen molar-refractivity contribution >= 4 is 44.9 Å². The van der Waals surface area contributed by atoms with Gasteiger partial charge in [-0.15, -0.1) is 0 Å². The van der Waals surface area contributed by atoms with E-state index in [0.29, 0.717) is 0 Å². The molecule has 3 heterocycles. The van der Waals surface area contributed by atoms with Crippen LogP contribution in [0.3, 0.4) is 0 Å². The maximum Gasteiger partial charge on any atom is 0.247 e. The predicted molar refractivity (Wildman–Crippen MR) is 168 cm³/mol. The summed E-state index contributed by atoms with van der Waals surface area (Å²) in [7, 11) is 0. The molecule has 0 fully saturated rings. The monoisotopic (exact) mass is 507 g/mol. The molecule has 1 aromatic heterocycles. The fraction of sp³-hybridized carbons (Fsp3) is 0.0526. The fourth-order valence-electron chi connectivity index (χ4n) is 8.01. The van der Waals surface area contributed by atoms with E-state index in [2.05, 4.69) is 151 Å². The van der Waals surface area contributed by atoms with Gasteiger partial charge in [0, 0.05) is 22.0 Å². The molecule has 2 aliphatic rings. The number of hydrogen-bond acceptors (Lipinski definition) is 0. The van der Waals surface area contributed by atoms with E-state index >= 15 is 0 Å². The third-order valence-electron chi connectivity index (χ3n) is 9.36. The number of hydrogen-bond donors (Lipinski definition) is 0. The van der Waals surface area contributed by atoms with Crippen LogP contribution in [0.15, 0.2) is 140 Å². The lowest BCUT2D eigenvalue weighted by atomic mass is 9.29. The van der Waals surface area contributed by atoms with Gasteiger partial charge in [0.25, 0.3) is 0 Å². The topological polar surface area (TPSA) is 4.93 Å². The van der Waals surface area contributed by atoms with Gasteiger partial charge in [0.2, 0.25) is 6.71 Å². The van der Waals surface area contributed by atoms with Crippen LogP contribution >= 0.6 is 0 Å². The van der Waals surface area contributed by atoms with Gasteiger partial charge < -0.3 is 4.57 Å². The Kier molecular flexibility index (Phi) is 4.34. The Labute approximate surface area is 234 Å². The zero-order valence-electron chi connectivity index (χ0n) is 22.3. The summed E-state index contributed by atoms with van der Waals surface area (Å²) in [5.74, 6) is 0. The van der Waals surface area contributed by atoms with Crippen LogP contribution in [-0.4, -0.2) is 11.3 Å². The normalized spacial score (nSPS) is 14.3. The highest BCUT2D eigenvalue weighted by molar-refractivity contribution is 6.99. The van der Waals surface area contributed by atoms with E-state index in [1.54, 1.807) is 0 Å². The Balaban J connectivity index is 1.54. The maximum atomic E-state index is 2.55. The third kappa shape index (κ3) is 2.59. The quantitative estimate of drug-likeness (QED) is 0.232.